The molecule has 0 aromatic rings. The van der Waals surface area contributed by atoms with Crippen molar-refractivity contribution in [3.63, 3.8) is 0 Å². The van der Waals surface area contributed by atoms with Gasteiger partial charge in [-0.15, -0.1) is 12.3 Å². The summed E-state index contributed by atoms with van der Waals surface area (Å²) in [7, 11) is 1.61. The topological polar surface area (TPSA) is 55.6 Å². The van der Waals surface area contributed by atoms with Crippen LogP contribution in [-0.2, 0) is 9.53 Å². The highest BCUT2D eigenvalue weighted by molar-refractivity contribution is 5.82. The number of carbonyl (C=O) groups excluding carboxylic acids is 1. The van der Waals surface area contributed by atoms with Crippen LogP contribution in [0, 0.1) is 12.3 Å². The lowest BCUT2D eigenvalue weighted by Crippen LogP contribution is -2.48. The zero-order chi connectivity index (χ0) is 12.6. The van der Waals surface area contributed by atoms with E-state index in [1.807, 2.05) is 13.8 Å². The van der Waals surface area contributed by atoms with E-state index in [4.69, 9.17) is 16.9 Å². The van der Waals surface area contributed by atoms with E-state index in [1.165, 1.54) is 0 Å². The van der Waals surface area contributed by atoms with E-state index < -0.39 is 6.04 Å². The fourth-order valence-electron chi connectivity index (χ4n) is 1.39. The quantitative estimate of drug-likeness (QED) is 0.647. The second-order valence-electron chi connectivity index (χ2n) is 3.80. The minimum Gasteiger partial charge on any atom is -0.383 e. The van der Waals surface area contributed by atoms with E-state index in [-0.39, 0.29) is 18.4 Å². The molecule has 0 saturated heterocycles. The molecule has 0 aliphatic carbocycles. The average Bonchev–Trinajstić information content (AvgIpc) is 2.29. The molecule has 0 rings (SSSR count). The minimum atomic E-state index is -0.601. The molecule has 4 nitrogen and oxygen atoms in total. The highest BCUT2D eigenvalue weighted by Crippen LogP contribution is 2.06. The Morgan fingerprint density at radius 2 is 2.25 bits per heavy atom. The largest absolute Gasteiger partial charge is 0.383 e. The standard InChI is InChI=1S/C12H22N2O2/c1-5-7-11(13)12(15)14(8-9-16-4)10(3)6-2/h1,10-11H,6-9,13H2,2-4H3. The van der Waals surface area contributed by atoms with Gasteiger partial charge in [-0.3, -0.25) is 4.79 Å². The van der Waals surface area contributed by atoms with Gasteiger partial charge in [0.1, 0.15) is 0 Å². The summed E-state index contributed by atoms with van der Waals surface area (Å²) >= 11 is 0. The zero-order valence-electron chi connectivity index (χ0n) is 10.4. The molecule has 2 unspecified atom stereocenters. The summed E-state index contributed by atoms with van der Waals surface area (Å²) in [6.07, 6.45) is 6.31. The Morgan fingerprint density at radius 3 is 2.69 bits per heavy atom. The molecule has 0 heterocycles. The van der Waals surface area contributed by atoms with Crippen molar-refractivity contribution in [2.75, 3.05) is 20.3 Å². The molecule has 2 N–H and O–H groups in total. The summed E-state index contributed by atoms with van der Waals surface area (Å²) in [6.45, 7) is 5.10. The van der Waals surface area contributed by atoms with Gasteiger partial charge in [0.15, 0.2) is 0 Å². The maximum absolute atomic E-state index is 12.0. The molecule has 0 fully saturated rings. The lowest BCUT2D eigenvalue weighted by molar-refractivity contribution is -0.135. The number of nitrogens with zero attached hydrogens (tertiary/aromatic N) is 1. The molecule has 92 valence electrons. The van der Waals surface area contributed by atoms with Crippen molar-refractivity contribution in [1.29, 1.82) is 0 Å². The minimum absolute atomic E-state index is 0.0932. The van der Waals surface area contributed by atoms with Gasteiger partial charge in [-0.1, -0.05) is 6.92 Å². The third kappa shape index (κ3) is 4.65. The highest BCUT2D eigenvalue weighted by Gasteiger charge is 2.23. The molecular weight excluding hydrogens is 204 g/mol. The van der Waals surface area contributed by atoms with E-state index in [9.17, 15) is 4.79 Å². The van der Waals surface area contributed by atoms with Gasteiger partial charge >= 0.3 is 0 Å². The van der Waals surface area contributed by atoms with Gasteiger partial charge in [-0.25, -0.2) is 0 Å². The van der Waals surface area contributed by atoms with Crippen LogP contribution in [0.1, 0.15) is 26.7 Å². The number of ether oxygens (including phenoxy) is 1. The van der Waals surface area contributed by atoms with Crippen molar-refractivity contribution >= 4 is 5.91 Å². The molecule has 16 heavy (non-hydrogen) atoms. The molecule has 4 heteroatoms. The predicted molar refractivity (Wildman–Crippen MR) is 64.8 cm³/mol. The van der Waals surface area contributed by atoms with E-state index in [0.29, 0.717) is 13.2 Å². The Kier molecular flexibility index (Phi) is 7.61. The van der Waals surface area contributed by atoms with E-state index >= 15 is 0 Å². The van der Waals surface area contributed by atoms with Gasteiger partial charge in [-0.2, -0.15) is 0 Å². The van der Waals surface area contributed by atoms with Crippen molar-refractivity contribution < 1.29 is 9.53 Å². The van der Waals surface area contributed by atoms with Crippen LogP contribution in [0.2, 0.25) is 0 Å². The molecule has 2 atom stereocenters. The summed E-state index contributed by atoms with van der Waals surface area (Å²) < 4.78 is 4.98. The Morgan fingerprint density at radius 1 is 1.62 bits per heavy atom. The zero-order valence-corrected chi connectivity index (χ0v) is 10.4. The lowest BCUT2D eigenvalue weighted by Gasteiger charge is -2.30. The SMILES string of the molecule is C#CCC(N)C(=O)N(CCOC)C(C)CC. The van der Waals surface area contributed by atoms with Crippen LogP contribution in [0.15, 0.2) is 0 Å². The van der Waals surface area contributed by atoms with Crippen molar-refractivity contribution in [2.24, 2.45) is 5.73 Å². The Balaban J connectivity index is 4.49. The smallest absolute Gasteiger partial charge is 0.240 e. The number of hydrogen-bond acceptors (Lipinski definition) is 3. The van der Waals surface area contributed by atoms with Crippen molar-refractivity contribution in [2.45, 2.75) is 38.8 Å². The molecular formula is C12H22N2O2. The van der Waals surface area contributed by atoms with E-state index in [1.54, 1.807) is 12.0 Å². The van der Waals surface area contributed by atoms with Gasteiger partial charge < -0.3 is 15.4 Å². The van der Waals surface area contributed by atoms with Crippen LogP contribution in [0.25, 0.3) is 0 Å². The van der Waals surface area contributed by atoms with Crippen LogP contribution >= 0.6 is 0 Å². The van der Waals surface area contributed by atoms with Crippen molar-refractivity contribution in [1.82, 2.24) is 4.90 Å². The first kappa shape index (κ1) is 14.9. The van der Waals surface area contributed by atoms with Gasteiger partial charge in [0, 0.05) is 26.1 Å². The summed E-state index contributed by atoms with van der Waals surface area (Å²) in [6, 6.07) is -0.442. The summed E-state index contributed by atoms with van der Waals surface area (Å²) in [5, 5.41) is 0. The molecule has 0 bridgehead atoms. The van der Waals surface area contributed by atoms with Crippen LogP contribution in [-0.4, -0.2) is 43.2 Å². The number of methoxy groups -OCH3 is 1. The molecule has 0 aromatic carbocycles. The summed E-state index contributed by atoms with van der Waals surface area (Å²) in [4.78, 5) is 13.7. The number of carbonyl (C=O) groups is 1. The average molecular weight is 226 g/mol. The maximum atomic E-state index is 12.0. The van der Waals surface area contributed by atoms with E-state index in [2.05, 4.69) is 5.92 Å². The number of amides is 1. The van der Waals surface area contributed by atoms with E-state index in [0.717, 1.165) is 6.42 Å². The second kappa shape index (κ2) is 8.14. The predicted octanol–water partition coefficient (Wildman–Crippen LogP) is 0.610. The first-order chi connectivity index (χ1) is 7.58. The second-order valence-corrected chi connectivity index (χ2v) is 3.80. The van der Waals surface area contributed by atoms with Crippen LogP contribution in [0.5, 0.6) is 0 Å². The molecule has 0 saturated carbocycles. The van der Waals surface area contributed by atoms with Gasteiger partial charge in [0.05, 0.1) is 12.6 Å². The number of nitrogens with two attached hydrogens (primary N) is 1. The molecule has 0 aliphatic rings. The number of rotatable bonds is 7. The van der Waals surface area contributed by atoms with Crippen LogP contribution < -0.4 is 5.73 Å². The highest BCUT2D eigenvalue weighted by atomic mass is 16.5. The van der Waals surface area contributed by atoms with Crippen molar-refractivity contribution in [3.05, 3.63) is 0 Å². The van der Waals surface area contributed by atoms with Gasteiger partial charge in [0.25, 0.3) is 0 Å². The first-order valence-corrected chi connectivity index (χ1v) is 5.56. The Bertz CT molecular complexity index is 248. The maximum Gasteiger partial charge on any atom is 0.240 e. The number of terminal acetylenes is 1. The number of hydrogen-bond donors (Lipinski definition) is 1. The first-order valence-electron chi connectivity index (χ1n) is 5.56. The molecule has 0 radical (unpaired) electrons. The van der Waals surface area contributed by atoms with Crippen LogP contribution in [0.3, 0.4) is 0 Å². The molecule has 0 aromatic heterocycles. The molecule has 1 amide bonds. The third-order valence-electron chi connectivity index (χ3n) is 2.60. The fourth-order valence-corrected chi connectivity index (χ4v) is 1.39. The summed E-state index contributed by atoms with van der Waals surface area (Å²) in [5.41, 5.74) is 5.72. The summed E-state index contributed by atoms with van der Waals surface area (Å²) in [5.74, 6) is 2.32. The van der Waals surface area contributed by atoms with Gasteiger partial charge in [-0.05, 0) is 13.3 Å². The van der Waals surface area contributed by atoms with Crippen molar-refractivity contribution in [3.8, 4) is 12.3 Å². The molecule has 0 spiro atoms. The third-order valence-corrected chi connectivity index (χ3v) is 2.60. The lowest BCUT2D eigenvalue weighted by atomic mass is 10.1. The van der Waals surface area contributed by atoms with Crippen LogP contribution in [0.4, 0.5) is 0 Å². The van der Waals surface area contributed by atoms with Gasteiger partial charge in [0.2, 0.25) is 5.91 Å². The Hall–Kier alpha value is -1.05. The normalized spacial score (nSPS) is 13.9. The Labute approximate surface area is 98.1 Å². The monoisotopic (exact) mass is 226 g/mol. The fraction of sp³-hybridized carbons (Fsp3) is 0.750. The molecule has 0 aliphatic heterocycles.